The molecule has 2 amide bonds. The first-order valence-corrected chi connectivity index (χ1v) is 13.6. The molecule has 3 fully saturated rings. The molecule has 1 aliphatic carbocycles. The lowest BCUT2D eigenvalue weighted by Crippen LogP contribution is -2.55. The normalized spacial score (nSPS) is 23.8. The number of benzene rings is 1. The molecule has 1 saturated carbocycles. The zero-order valence-electron chi connectivity index (χ0n) is 19.3. The molecule has 0 spiro atoms. The first-order valence-electron chi connectivity index (χ1n) is 11.8. The summed E-state index contributed by atoms with van der Waals surface area (Å²) in [5.41, 5.74) is 0.316. The van der Waals surface area contributed by atoms with Gasteiger partial charge in [-0.15, -0.1) is 0 Å². The molecule has 4 rings (SSSR count). The Balaban J connectivity index is 1.42. The van der Waals surface area contributed by atoms with Crippen molar-refractivity contribution in [3.05, 3.63) is 28.8 Å². The average Bonchev–Trinajstić information content (AvgIpc) is 3.62. The fraction of sp³-hybridized carbons (Fsp3) is 0.652. The number of amides is 2. The summed E-state index contributed by atoms with van der Waals surface area (Å²) < 4.78 is 28.0. The molecular formula is C23H33ClN4O4S. The molecule has 2 aliphatic heterocycles. The van der Waals surface area contributed by atoms with Crippen LogP contribution in [0.15, 0.2) is 23.1 Å². The van der Waals surface area contributed by atoms with Crippen molar-refractivity contribution in [3.8, 4) is 0 Å². The number of carbonyl (C=O) groups excluding carboxylic acids is 2. The van der Waals surface area contributed by atoms with E-state index in [9.17, 15) is 18.0 Å². The topological polar surface area (TPSA) is 90.0 Å². The van der Waals surface area contributed by atoms with Crippen LogP contribution < -0.4 is 5.32 Å². The van der Waals surface area contributed by atoms with Crippen molar-refractivity contribution in [3.63, 3.8) is 0 Å². The van der Waals surface area contributed by atoms with E-state index in [1.54, 1.807) is 11.0 Å². The highest BCUT2D eigenvalue weighted by molar-refractivity contribution is 7.89. The van der Waals surface area contributed by atoms with Crippen LogP contribution in [-0.4, -0.2) is 85.7 Å². The second kappa shape index (κ2) is 9.90. The monoisotopic (exact) mass is 496 g/mol. The summed E-state index contributed by atoms with van der Waals surface area (Å²) in [4.78, 5) is 29.3. The van der Waals surface area contributed by atoms with E-state index in [0.29, 0.717) is 56.8 Å². The maximum Gasteiger partial charge on any atom is 0.253 e. The molecule has 33 heavy (non-hydrogen) atoms. The van der Waals surface area contributed by atoms with Gasteiger partial charge in [0.2, 0.25) is 15.9 Å². The third-order valence-electron chi connectivity index (χ3n) is 6.87. The summed E-state index contributed by atoms with van der Waals surface area (Å²) in [5, 5.41) is 3.16. The molecule has 182 valence electrons. The number of halogens is 1. The van der Waals surface area contributed by atoms with Crippen molar-refractivity contribution < 1.29 is 18.0 Å². The molecule has 0 radical (unpaired) electrons. The lowest BCUT2D eigenvalue weighted by Gasteiger charge is -2.37. The van der Waals surface area contributed by atoms with Gasteiger partial charge in [0.1, 0.15) is 4.90 Å². The number of piperidine rings is 1. The van der Waals surface area contributed by atoms with Gasteiger partial charge in [0, 0.05) is 50.9 Å². The molecule has 2 saturated heterocycles. The predicted octanol–water partition coefficient (Wildman–Crippen LogP) is 2.19. The molecule has 3 aliphatic rings. The van der Waals surface area contributed by atoms with Crippen LogP contribution in [0.3, 0.4) is 0 Å². The van der Waals surface area contributed by atoms with Gasteiger partial charge in [-0.25, -0.2) is 8.42 Å². The van der Waals surface area contributed by atoms with E-state index in [1.165, 1.54) is 16.4 Å². The molecule has 2 heterocycles. The second-order valence-corrected chi connectivity index (χ2v) is 11.9. The van der Waals surface area contributed by atoms with Crippen LogP contribution in [0.1, 0.15) is 49.9 Å². The van der Waals surface area contributed by atoms with Crippen LogP contribution in [0, 0.1) is 5.92 Å². The molecular weight excluding hydrogens is 464 g/mol. The van der Waals surface area contributed by atoms with Crippen LogP contribution in [0.2, 0.25) is 5.02 Å². The van der Waals surface area contributed by atoms with E-state index in [0.717, 1.165) is 25.7 Å². The summed E-state index contributed by atoms with van der Waals surface area (Å²) in [6.07, 6.45) is 3.93. The van der Waals surface area contributed by atoms with E-state index in [-0.39, 0.29) is 27.8 Å². The highest BCUT2D eigenvalue weighted by Crippen LogP contribution is 2.29. The smallest absolute Gasteiger partial charge is 0.253 e. The van der Waals surface area contributed by atoms with Gasteiger partial charge >= 0.3 is 0 Å². The number of nitrogens with zero attached hydrogens (tertiary/aromatic N) is 3. The number of hydrogen-bond acceptors (Lipinski definition) is 5. The summed E-state index contributed by atoms with van der Waals surface area (Å²) in [6, 6.07) is 4.58. The van der Waals surface area contributed by atoms with E-state index < -0.39 is 10.0 Å². The lowest BCUT2D eigenvalue weighted by atomic mass is 10.0. The third-order valence-corrected chi connectivity index (χ3v) is 9.21. The first-order chi connectivity index (χ1) is 15.7. The Hall–Kier alpha value is -1.68. The molecule has 2 unspecified atom stereocenters. The Labute approximate surface area is 201 Å². The Morgan fingerprint density at radius 1 is 1.09 bits per heavy atom. The van der Waals surface area contributed by atoms with Crippen molar-refractivity contribution in [2.24, 2.45) is 5.92 Å². The van der Waals surface area contributed by atoms with Crippen LogP contribution in [0.4, 0.5) is 0 Å². The van der Waals surface area contributed by atoms with Crippen LogP contribution in [0.25, 0.3) is 0 Å². The van der Waals surface area contributed by atoms with Crippen LogP contribution in [0.5, 0.6) is 0 Å². The van der Waals surface area contributed by atoms with Crippen molar-refractivity contribution in [2.45, 2.75) is 56.5 Å². The van der Waals surface area contributed by atoms with E-state index in [1.807, 2.05) is 13.8 Å². The van der Waals surface area contributed by atoms with Crippen LogP contribution >= 0.6 is 11.6 Å². The number of nitrogens with one attached hydrogen (secondary N) is 1. The molecule has 1 aromatic carbocycles. The Kier molecular flexibility index (Phi) is 7.33. The van der Waals surface area contributed by atoms with Crippen molar-refractivity contribution in [2.75, 3.05) is 39.3 Å². The standard InChI is InChI=1S/C23H33ClN4O4S/c1-16-4-3-9-28(15-16)33(31,32)21-14-18(5-8-20(21)24)23(30)27-12-10-26(11-13-27)17(2)22(29)25-19-6-7-19/h5,8,14,16-17,19H,3-4,6-7,9-13,15H2,1-2H3,(H,25,29). The van der Waals surface area contributed by atoms with Gasteiger partial charge < -0.3 is 10.2 Å². The molecule has 0 bridgehead atoms. The number of sulfonamides is 1. The molecule has 0 aromatic heterocycles. The zero-order chi connectivity index (χ0) is 23.8. The quantitative estimate of drug-likeness (QED) is 0.652. The van der Waals surface area contributed by atoms with E-state index in [4.69, 9.17) is 11.6 Å². The first kappa shape index (κ1) is 24.4. The SMILES string of the molecule is CC1CCCN(S(=O)(=O)c2cc(C(=O)N3CCN(C(C)C(=O)NC4CC4)CC3)ccc2Cl)C1. The minimum Gasteiger partial charge on any atom is -0.352 e. The van der Waals surface area contributed by atoms with Gasteiger partial charge in [-0.3, -0.25) is 14.5 Å². The minimum absolute atomic E-state index is 0.00637. The van der Waals surface area contributed by atoms with Gasteiger partial charge in [0.05, 0.1) is 11.1 Å². The van der Waals surface area contributed by atoms with Crippen molar-refractivity contribution >= 4 is 33.4 Å². The Bertz CT molecular complexity index is 1010. The molecule has 8 nitrogen and oxygen atoms in total. The summed E-state index contributed by atoms with van der Waals surface area (Å²) >= 11 is 6.28. The predicted molar refractivity (Wildman–Crippen MR) is 127 cm³/mol. The van der Waals surface area contributed by atoms with E-state index in [2.05, 4.69) is 10.2 Å². The summed E-state index contributed by atoms with van der Waals surface area (Å²) in [5.74, 6) is 0.115. The van der Waals surface area contributed by atoms with Gasteiger partial charge in [0.25, 0.3) is 5.91 Å². The van der Waals surface area contributed by atoms with Crippen molar-refractivity contribution in [1.29, 1.82) is 0 Å². The fourth-order valence-electron chi connectivity index (χ4n) is 4.55. The summed E-state index contributed by atoms with van der Waals surface area (Å²) in [7, 11) is -3.77. The van der Waals surface area contributed by atoms with Gasteiger partial charge in [-0.1, -0.05) is 18.5 Å². The Morgan fingerprint density at radius 2 is 1.79 bits per heavy atom. The number of carbonyl (C=O) groups is 2. The van der Waals surface area contributed by atoms with Gasteiger partial charge in [-0.2, -0.15) is 4.31 Å². The minimum atomic E-state index is -3.77. The number of rotatable bonds is 6. The third kappa shape index (κ3) is 5.53. The number of hydrogen-bond donors (Lipinski definition) is 1. The van der Waals surface area contributed by atoms with Gasteiger partial charge in [-0.05, 0) is 56.7 Å². The largest absolute Gasteiger partial charge is 0.352 e. The number of piperazine rings is 1. The van der Waals surface area contributed by atoms with E-state index >= 15 is 0 Å². The Morgan fingerprint density at radius 3 is 2.42 bits per heavy atom. The second-order valence-electron chi connectivity index (χ2n) is 9.54. The zero-order valence-corrected chi connectivity index (χ0v) is 20.9. The highest BCUT2D eigenvalue weighted by atomic mass is 35.5. The maximum atomic E-state index is 13.2. The maximum absolute atomic E-state index is 13.2. The molecule has 10 heteroatoms. The lowest BCUT2D eigenvalue weighted by molar-refractivity contribution is -0.126. The molecule has 2 atom stereocenters. The highest BCUT2D eigenvalue weighted by Gasteiger charge is 2.33. The van der Waals surface area contributed by atoms with Crippen LogP contribution in [-0.2, 0) is 14.8 Å². The molecule has 1 N–H and O–H groups in total. The van der Waals surface area contributed by atoms with Crippen molar-refractivity contribution in [1.82, 2.24) is 19.4 Å². The van der Waals surface area contributed by atoms with Gasteiger partial charge in [0.15, 0.2) is 0 Å². The average molecular weight is 497 g/mol. The summed E-state index contributed by atoms with van der Waals surface area (Å²) in [6.45, 7) is 7.01. The fourth-order valence-corrected chi connectivity index (χ4v) is 6.65. The molecule has 1 aromatic rings.